The fraction of sp³-hybridized carbons (Fsp3) is 0.381. The molecule has 152 valence electrons. The minimum atomic E-state index is -0.809. The van der Waals surface area contributed by atoms with Crippen LogP contribution in [0.5, 0.6) is 0 Å². The first-order valence-electron chi connectivity index (χ1n) is 9.69. The highest BCUT2D eigenvalue weighted by Gasteiger charge is 2.20. The van der Waals surface area contributed by atoms with E-state index in [1.807, 2.05) is 37.6 Å². The van der Waals surface area contributed by atoms with Crippen LogP contribution in [-0.2, 0) is 6.54 Å². The molecule has 0 atom stereocenters. The molecule has 29 heavy (non-hydrogen) atoms. The molecule has 1 aliphatic heterocycles. The summed E-state index contributed by atoms with van der Waals surface area (Å²) < 4.78 is 28.4. The predicted molar refractivity (Wildman–Crippen MR) is 107 cm³/mol. The number of halogens is 2. The lowest BCUT2D eigenvalue weighted by atomic mass is 10.2. The van der Waals surface area contributed by atoms with Crippen molar-refractivity contribution >= 4 is 5.82 Å². The van der Waals surface area contributed by atoms with Crippen molar-refractivity contribution in [1.29, 1.82) is 0 Å². The first kappa shape index (κ1) is 19.4. The Labute approximate surface area is 168 Å². The van der Waals surface area contributed by atoms with Crippen LogP contribution in [0.25, 0.3) is 5.82 Å². The maximum atomic E-state index is 13.4. The molecule has 1 fully saturated rings. The summed E-state index contributed by atoms with van der Waals surface area (Å²) in [5.41, 5.74) is 2.76. The largest absolute Gasteiger partial charge is 0.354 e. The van der Waals surface area contributed by atoms with Gasteiger partial charge in [-0.25, -0.2) is 23.4 Å². The Bertz CT molecular complexity index is 1020. The Morgan fingerprint density at radius 2 is 1.59 bits per heavy atom. The van der Waals surface area contributed by atoms with Gasteiger partial charge in [-0.15, -0.1) is 0 Å². The van der Waals surface area contributed by atoms with Crippen LogP contribution in [0.2, 0.25) is 0 Å². The van der Waals surface area contributed by atoms with Gasteiger partial charge >= 0.3 is 0 Å². The number of hydrogen-bond acceptors (Lipinski definition) is 5. The van der Waals surface area contributed by atoms with E-state index in [2.05, 4.69) is 24.9 Å². The van der Waals surface area contributed by atoms with E-state index in [-0.39, 0.29) is 0 Å². The van der Waals surface area contributed by atoms with Crippen LogP contribution >= 0.6 is 0 Å². The van der Waals surface area contributed by atoms with Crippen LogP contribution in [0.3, 0.4) is 0 Å². The van der Waals surface area contributed by atoms with Crippen LogP contribution in [0.1, 0.15) is 22.8 Å². The Balaban J connectivity index is 1.45. The number of aryl methyl sites for hydroxylation is 3. The molecule has 1 saturated heterocycles. The monoisotopic (exact) mass is 398 g/mol. The van der Waals surface area contributed by atoms with Gasteiger partial charge in [-0.2, -0.15) is 5.10 Å². The number of aromatic nitrogens is 4. The number of anilines is 1. The third kappa shape index (κ3) is 4.27. The fourth-order valence-corrected chi connectivity index (χ4v) is 3.70. The first-order chi connectivity index (χ1) is 13.9. The Morgan fingerprint density at radius 1 is 0.862 bits per heavy atom. The minimum absolute atomic E-state index is 0.602. The average molecular weight is 398 g/mol. The maximum Gasteiger partial charge on any atom is 0.159 e. The van der Waals surface area contributed by atoms with Crippen LogP contribution in [-0.4, -0.2) is 50.8 Å². The van der Waals surface area contributed by atoms with E-state index in [1.165, 1.54) is 12.1 Å². The van der Waals surface area contributed by atoms with E-state index in [4.69, 9.17) is 0 Å². The van der Waals surface area contributed by atoms with E-state index in [0.29, 0.717) is 12.4 Å². The van der Waals surface area contributed by atoms with Gasteiger partial charge in [0.15, 0.2) is 17.5 Å². The molecule has 0 saturated carbocycles. The summed E-state index contributed by atoms with van der Waals surface area (Å²) in [5, 5.41) is 4.52. The van der Waals surface area contributed by atoms with Crippen LogP contribution in [0.4, 0.5) is 14.6 Å². The molecular weight excluding hydrogens is 374 g/mol. The normalized spacial score (nSPS) is 15.1. The summed E-state index contributed by atoms with van der Waals surface area (Å²) in [7, 11) is 0. The van der Waals surface area contributed by atoms with E-state index in [9.17, 15) is 8.78 Å². The van der Waals surface area contributed by atoms with Crippen molar-refractivity contribution in [2.75, 3.05) is 31.1 Å². The number of rotatable bonds is 4. The van der Waals surface area contributed by atoms with Gasteiger partial charge in [0.1, 0.15) is 11.6 Å². The number of hydrogen-bond donors (Lipinski definition) is 0. The maximum absolute atomic E-state index is 13.4. The third-order valence-corrected chi connectivity index (χ3v) is 5.12. The van der Waals surface area contributed by atoms with Crippen LogP contribution in [0, 0.1) is 32.4 Å². The Morgan fingerprint density at radius 3 is 2.24 bits per heavy atom. The molecule has 6 nitrogen and oxygen atoms in total. The molecule has 1 aromatic carbocycles. The SMILES string of the molecule is Cc1cc(C)n(-c2cc(N3CCN(Cc4ccc(F)c(F)c4)CC3)nc(C)n2)n1. The molecule has 0 bridgehead atoms. The second-order valence-corrected chi connectivity index (χ2v) is 7.48. The molecule has 0 aliphatic carbocycles. The summed E-state index contributed by atoms with van der Waals surface area (Å²) >= 11 is 0. The molecule has 0 radical (unpaired) electrons. The molecule has 3 aromatic rings. The number of benzene rings is 1. The molecule has 0 unspecified atom stereocenters. The first-order valence-corrected chi connectivity index (χ1v) is 9.69. The second-order valence-electron chi connectivity index (χ2n) is 7.48. The third-order valence-electron chi connectivity index (χ3n) is 5.12. The summed E-state index contributed by atoms with van der Waals surface area (Å²) in [6, 6.07) is 8.09. The van der Waals surface area contributed by atoms with Crippen LogP contribution < -0.4 is 4.90 Å². The van der Waals surface area contributed by atoms with Gasteiger partial charge < -0.3 is 4.90 Å². The lowest BCUT2D eigenvalue weighted by Gasteiger charge is -2.35. The Kier molecular flexibility index (Phi) is 5.27. The zero-order valence-corrected chi connectivity index (χ0v) is 16.9. The van der Waals surface area contributed by atoms with E-state index in [0.717, 1.165) is 54.8 Å². The minimum Gasteiger partial charge on any atom is -0.354 e. The highest BCUT2D eigenvalue weighted by molar-refractivity contribution is 5.45. The lowest BCUT2D eigenvalue weighted by molar-refractivity contribution is 0.249. The van der Waals surface area contributed by atoms with Crippen molar-refractivity contribution in [3.8, 4) is 5.82 Å². The highest BCUT2D eigenvalue weighted by Crippen LogP contribution is 2.20. The van der Waals surface area contributed by atoms with Crippen LogP contribution in [0.15, 0.2) is 30.3 Å². The lowest BCUT2D eigenvalue weighted by Crippen LogP contribution is -2.46. The quantitative estimate of drug-likeness (QED) is 0.676. The van der Waals surface area contributed by atoms with Gasteiger partial charge in [-0.05, 0) is 44.5 Å². The van der Waals surface area contributed by atoms with E-state index < -0.39 is 11.6 Å². The molecule has 0 N–H and O–H groups in total. The topological polar surface area (TPSA) is 50.1 Å². The van der Waals surface area contributed by atoms with E-state index in [1.54, 1.807) is 6.07 Å². The van der Waals surface area contributed by atoms with Crippen molar-refractivity contribution in [2.45, 2.75) is 27.3 Å². The molecule has 0 amide bonds. The molecular formula is C21H24F2N6. The zero-order chi connectivity index (χ0) is 20.5. The van der Waals surface area contributed by atoms with Crippen molar-refractivity contribution < 1.29 is 8.78 Å². The molecule has 3 heterocycles. The summed E-state index contributed by atoms with van der Waals surface area (Å²) in [5.74, 6) is 0.745. The molecule has 1 aliphatic rings. The zero-order valence-electron chi connectivity index (χ0n) is 16.9. The molecule has 4 rings (SSSR count). The summed E-state index contributed by atoms with van der Waals surface area (Å²) in [6.45, 7) is 9.70. The molecule has 2 aromatic heterocycles. The fourth-order valence-electron chi connectivity index (χ4n) is 3.70. The summed E-state index contributed by atoms with van der Waals surface area (Å²) in [4.78, 5) is 13.6. The highest BCUT2D eigenvalue weighted by atomic mass is 19.2. The molecule has 0 spiro atoms. The summed E-state index contributed by atoms with van der Waals surface area (Å²) in [6.07, 6.45) is 0. The number of piperazine rings is 1. The smallest absolute Gasteiger partial charge is 0.159 e. The van der Waals surface area contributed by atoms with E-state index >= 15 is 0 Å². The second kappa shape index (κ2) is 7.87. The van der Waals surface area contributed by atoms with Gasteiger partial charge in [0.25, 0.3) is 0 Å². The molecule has 8 heteroatoms. The van der Waals surface area contributed by atoms with Gasteiger partial charge in [0, 0.05) is 44.5 Å². The van der Waals surface area contributed by atoms with Gasteiger partial charge in [0.05, 0.1) is 5.69 Å². The average Bonchev–Trinajstić information content (AvgIpc) is 3.03. The van der Waals surface area contributed by atoms with Crippen molar-refractivity contribution in [2.24, 2.45) is 0 Å². The van der Waals surface area contributed by atoms with Crippen molar-refractivity contribution in [3.63, 3.8) is 0 Å². The standard InChI is InChI=1S/C21H24F2N6/c1-14-10-15(2)29(26-14)21-12-20(24-16(3)25-21)28-8-6-27(7-9-28)13-17-4-5-18(22)19(23)11-17/h4-5,10-12H,6-9,13H2,1-3H3. The van der Waals surface area contributed by atoms with Gasteiger partial charge in [-0.3, -0.25) is 4.90 Å². The number of nitrogens with zero attached hydrogens (tertiary/aromatic N) is 6. The van der Waals surface area contributed by atoms with Gasteiger partial charge in [0.2, 0.25) is 0 Å². The van der Waals surface area contributed by atoms with Crippen molar-refractivity contribution in [3.05, 3.63) is 64.7 Å². The van der Waals surface area contributed by atoms with Crippen molar-refractivity contribution in [1.82, 2.24) is 24.6 Å². The van der Waals surface area contributed by atoms with Gasteiger partial charge in [-0.1, -0.05) is 6.07 Å². The Hall–Kier alpha value is -2.87. The predicted octanol–water partition coefficient (Wildman–Crippen LogP) is 3.19.